The maximum atomic E-state index is 10.8. The number of benzene rings is 2. The Labute approximate surface area is 183 Å². The largest absolute Gasteiger partial charge is 0.760 e. The van der Waals surface area contributed by atoms with Gasteiger partial charge in [0.15, 0.2) is 0 Å². The Bertz CT molecular complexity index is 1220. The predicted molar refractivity (Wildman–Crippen MR) is 118 cm³/mol. The Kier molecular flexibility index (Phi) is 6.23. The van der Waals surface area contributed by atoms with E-state index in [9.17, 15) is 8.76 Å². The molecule has 152 valence electrons. The Morgan fingerprint density at radius 2 is 1.80 bits per heavy atom. The maximum absolute atomic E-state index is 10.8. The van der Waals surface area contributed by atoms with Crippen molar-refractivity contribution in [3.05, 3.63) is 71.1 Å². The maximum Gasteiger partial charge on any atom is 0.229 e. The molecule has 0 fully saturated rings. The highest BCUT2D eigenvalue weighted by atomic mass is 79.9. The summed E-state index contributed by atoms with van der Waals surface area (Å²) in [5.74, 6) is 0.920. The number of fused-ring (bicyclic) bond motifs is 1. The SMILES string of the molecule is O=S([O-])NCc1ccccc1Nc1nc(Nc2ccc3nccnc3c2)ncc1Br. The highest BCUT2D eigenvalue weighted by Crippen LogP contribution is 2.27. The van der Waals surface area contributed by atoms with Crippen LogP contribution in [0.1, 0.15) is 5.56 Å². The highest BCUT2D eigenvalue weighted by molar-refractivity contribution is 9.10. The lowest BCUT2D eigenvalue weighted by Gasteiger charge is -2.15. The van der Waals surface area contributed by atoms with Crippen molar-refractivity contribution in [3.63, 3.8) is 0 Å². The van der Waals surface area contributed by atoms with Gasteiger partial charge < -0.3 is 15.2 Å². The van der Waals surface area contributed by atoms with Crippen molar-refractivity contribution in [2.24, 2.45) is 0 Å². The van der Waals surface area contributed by atoms with Crippen molar-refractivity contribution < 1.29 is 8.76 Å². The van der Waals surface area contributed by atoms with Gasteiger partial charge in [0.1, 0.15) is 5.82 Å². The van der Waals surface area contributed by atoms with Crippen molar-refractivity contribution in [1.29, 1.82) is 0 Å². The summed E-state index contributed by atoms with van der Waals surface area (Å²) >= 11 is 1.10. The lowest BCUT2D eigenvalue weighted by Crippen LogP contribution is -2.16. The topological polar surface area (TPSA) is 128 Å². The molecule has 0 radical (unpaired) electrons. The lowest BCUT2D eigenvalue weighted by molar-refractivity contribution is 0.522. The van der Waals surface area contributed by atoms with Gasteiger partial charge >= 0.3 is 0 Å². The molecule has 0 aliphatic heterocycles. The quantitative estimate of drug-likeness (QED) is 0.339. The number of hydrogen-bond donors (Lipinski definition) is 3. The van der Waals surface area contributed by atoms with Crippen LogP contribution in [0.25, 0.3) is 11.0 Å². The molecular weight excluding hydrogens is 470 g/mol. The third-order valence-electron chi connectivity index (χ3n) is 4.12. The molecule has 2 aromatic carbocycles. The summed E-state index contributed by atoms with van der Waals surface area (Å²) < 4.78 is 24.7. The predicted octanol–water partition coefficient (Wildman–Crippen LogP) is 3.55. The number of anilines is 4. The number of nitrogens with one attached hydrogen (secondary N) is 3. The van der Waals surface area contributed by atoms with E-state index in [1.807, 2.05) is 42.5 Å². The first-order valence-electron chi connectivity index (χ1n) is 8.76. The van der Waals surface area contributed by atoms with Crippen LogP contribution in [0.2, 0.25) is 0 Å². The first kappa shape index (κ1) is 20.3. The van der Waals surface area contributed by atoms with Gasteiger partial charge in [-0.25, -0.2) is 9.71 Å². The molecule has 2 heterocycles. The summed E-state index contributed by atoms with van der Waals surface area (Å²) in [6, 6.07) is 13.0. The van der Waals surface area contributed by atoms with E-state index in [2.05, 4.69) is 51.2 Å². The molecule has 0 aliphatic rings. The minimum atomic E-state index is -2.34. The van der Waals surface area contributed by atoms with Crippen LogP contribution in [0.4, 0.5) is 23.1 Å². The number of hydrogen-bond acceptors (Lipinski definition) is 8. The fourth-order valence-electron chi connectivity index (χ4n) is 2.75. The first-order valence-corrected chi connectivity index (χ1v) is 10.6. The highest BCUT2D eigenvalue weighted by Gasteiger charge is 2.09. The van der Waals surface area contributed by atoms with Crippen LogP contribution in [0.15, 0.2) is 65.5 Å². The van der Waals surface area contributed by atoms with Crippen molar-refractivity contribution >= 4 is 61.4 Å². The molecule has 4 rings (SSSR count). The Hall–Kier alpha value is -2.99. The summed E-state index contributed by atoms with van der Waals surface area (Å²) in [4.78, 5) is 17.4. The monoisotopic (exact) mass is 484 g/mol. The molecule has 1 atom stereocenters. The second-order valence-electron chi connectivity index (χ2n) is 6.11. The summed E-state index contributed by atoms with van der Waals surface area (Å²) in [5.41, 5.74) is 3.83. The number of para-hydroxylation sites is 1. The van der Waals surface area contributed by atoms with E-state index in [-0.39, 0.29) is 6.54 Å². The van der Waals surface area contributed by atoms with Gasteiger partial charge in [-0.1, -0.05) is 18.2 Å². The summed E-state index contributed by atoms with van der Waals surface area (Å²) in [6.07, 6.45) is 4.92. The van der Waals surface area contributed by atoms with Gasteiger partial charge in [0.25, 0.3) is 0 Å². The van der Waals surface area contributed by atoms with Gasteiger partial charge in [0.2, 0.25) is 5.95 Å². The molecule has 0 spiro atoms. The average molecular weight is 485 g/mol. The van der Waals surface area contributed by atoms with Crippen molar-refractivity contribution in [1.82, 2.24) is 24.7 Å². The van der Waals surface area contributed by atoms with Crippen LogP contribution in [0.5, 0.6) is 0 Å². The molecule has 0 saturated heterocycles. The van der Waals surface area contributed by atoms with Crippen molar-refractivity contribution in [2.45, 2.75) is 6.54 Å². The van der Waals surface area contributed by atoms with E-state index in [4.69, 9.17) is 0 Å². The molecule has 0 bridgehead atoms. The fraction of sp³-hybridized carbons (Fsp3) is 0.0526. The van der Waals surface area contributed by atoms with Crippen molar-refractivity contribution in [3.8, 4) is 0 Å². The molecule has 30 heavy (non-hydrogen) atoms. The van der Waals surface area contributed by atoms with E-state index < -0.39 is 11.3 Å². The molecule has 0 amide bonds. The number of nitrogens with zero attached hydrogens (tertiary/aromatic N) is 4. The summed E-state index contributed by atoms with van der Waals surface area (Å²) in [5, 5.41) is 6.38. The van der Waals surface area contributed by atoms with Crippen LogP contribution in [-0.2, 0) is 17.8 Å². The van der Waals surface area contributed by atoms with Crippen LogP contribution in [-0.4, -0.2) is 28.7 Å². The zero-order chi connectivity index (χ0) is 20.9. The van der Waals surface area contributed by atoms with E-state index >= 15 is 0 Å². The van der Waals surface area contributed by atoms with Gasteiger partial charge in [-0.05, 0) is 45.8 Å². The molecule has 1 unspecified atom stereocenters. The van der Waals surface area contributed by atoms with Crippen molar-refractivity contribution in [2.75, 3.05) is 10.6 Å². The fourth-order valence-corrected chi connectivity index (χ4v) is 3.31. The molecule has 4 aromatic rings. The summed E-state index contributed by atoms with van der Waals surface area (Å²) in [6.45, 7) is 0.158. The van der Waals surface area contributed by atoms with Gasteiger partial charge in [-0.2, -0.15) is 4.98 Å². The second kappa shape index (κ2) is 9.22. The van der Waals surface area contributed by atoms with Gasteiger partial charge in [-0.15, -0.1) is 0 Å². The van der Waals surface area contributed by atoms with E-state index in [1.54, 1.807) is 18.6 Å². The number of halogens is 1. The molecule has 2 aromatic heterocycles. The number of rotatable bonds is 7. The van der Waals surface area contributed by atoms with Gasteiger partial charge in [0, 0.05) is 47.8 Å². The minimum absolute atomic E-state index is 0.158. The van der Waals surface area contributed by atoms with Crippen LogP contribution in [0, 0.1) is 0 Å². The van der Waals surface area contributed by atoms with E-state index in [1.165, 1.54) is 0 Å². The Morgan fingerprint density at radius 3 is 2.63 bits per heavy atom. The third kappa shape index (κ3) is 4.94. The molecule has 0 saturated carbocycles. The van der Waals surface area contributed by atoms with Gasteiger partial charge in [0.05, 0.1) is 15.5 Å². The first-order chi connectivity index (χ1) is 14.6. The molecule has 0 aliphatic carbocycles. The average Bonchev–Trinajstić information content (AvgIpc) is 2.75. The minimum Gasteiger partial charge on any atom is -0.760 e. The van der Waals surface area contributed by atoms with Crippen LogP contribution in [0.3, 0.4) is 0 Å². The normalized spacial score (nSPS) is 11.9. The second-order valence-corrected chi connectivity index (χ2v) is 7.73. The van der Waals surface area contributed by atoms with Crippen LogP contribution < -0.4 is 15.4 Å². The van der Waals surface area contributed by atoms with E-state index in [0.29, 0.717) is 16.2 Å². The van der Waals surface area contributed by atoms with E-state index in [0.717, 1.165) is 28.0 Å². The third-order valence-corrected chi connectivity index (χ3v) is 5.08. The molecule has 9 nitrogen and oxygen atoms in total. The Morgan fingerprint density at radius 1 is 1.00 bits per heavy atom. The lowest BCUT2D eigenvalue weighted by atomic mass is 10.2. The molecule has 11 heteroatoms. The zero-order valence-corrected chi connectivity index (χ0v) is 17.8. The standard InChI is InChI=1S/C19H16BrN7O2S/c20-14-11-23-19(25-13-5-6-16-17(9-13)22-8-7-21-16)27-18(14)26-15-4-2-1-3-12(15)10-24-30(28)29/h1-9,11,24H,10H2,(H,28,29)(H2,23,25,26,27)/p-1. The molecular formula is C19H15BrN7O2S-. The zero-order valence-electron chi connectivity index (χ0n) is 15.4. The smallest absolute Gasteiger partial charge is 0.229 e. The summed E-state index contributed by atoms with van der Waals surface area (Å²) in [7, 11) is 0. The number of aromatic nitrogens is 4. The Balaban J connectivity index is 1.57. The van der Waals surface area contributed by atoms with Crippen LogP contribution >= 0.6 is 15.9 Å². The molecule has 3 N–H and O–H groups in total. The van der Waals surface area contributed by atoms with Gasteiger partial charge in [-0.3, -0.25) is 14.2 Å².